The smallest absolute Gasteiger partial charge is 0.213 e. The molecule has 0 amide bonds. The molecule has 0 saturated carbocycles. The van der Waals surface area contributed by atoms with E-state index in [4.69, 9.17) is 4.98 Å². The summed E-state index contributed by atoms with van der Waals surface area (Å²) in [5.74, 6) is 0. The Balaban J connectivity index is 1.69. The molecule has 0 radical (unpaired) electrons. The van der Waals surface area contributed by atoms with Crippen molar-refractivity contribution in [2.24, 2.45) is 7.05 Å². The normalized spacial score (nSPS) is 13.7. The molecule has 0 N–H and O–H groups in total. The summed E-state index contributed by atoms with van der Waals surface area (Å²) in [7, 11) is 2.13. The van der Waals surface area contributed by atoms with E-state index in [0.29, 0.717) is 0 Å². The summed E-state index contributed by atoms with van der Waals surface area (Å²) in [4.78, 5) is 4.93. The van der Waals surface area contributed by atoms with E-state index in [-0.39, 0.29) is 5.41 Å². The molecular weight excluding hydrogens is 376 g/mol. The zero-order valence-electron chi connectivity index (χ0n) is 19.2. The third-order valence-electron chi connectivity index (χ3n) is 6.77. The standard InChI is InChI=1S/C29H29N2/c1-18-7-10-21(11-8-18)22-13-14-31(6)27(16-22)24-17-26-25(15-19(24)2)23-12-9-20(3)30-28(23)29(26,4)5/h7-17H,1-6H3/q+1. The molecule has 0 spiro atoms. The topological polar surface area (TPSA) is 16.8 Å². The minimum Gasteiger partial charge on any atom is -0.257 e. The Hall–Kier alpha value is -3.26. The fraction of sp³-hybridized carbons (Fsp3) is 0.241. The van der Waals surface area contributed by atoms with E-state index in [2.05, 4.69) is 113 Å². The molecule has 2 aromatic carbocycles. The lowest BCUT2D eigenvalue weighted by molar-refractivity contribution is -0.660. The van der Waals surface area contributed by atoms with Gasteiger partial charge in [-0.2, -0.15) is 0 Å². The summed E-state index contributed by atoms with van der Waals surface area (Å²) in [5, 5.41) is 0. The average molecular weight is 406 g/mol. The molecule has 1 aliphatic carbocycles. The summed E-state index contributed by atoms with van der Waals surface area (Å²) >= 11 is 0. The molecule has 1 aliphatic rings. The summed E-state index contributed by atoms with van der Waals surface area (Å²) in [5.41, 5.74) is 13.7. The van der Waals surface area contributed by atoms with Crippen molar-refractivity contribution in [3.05, 3.63) is 94.9 Å². The second kappa shape index (κ2) is 6.88. The van der Waals surface area contributed by atoms with Crippen LogP contribution in [-0.4, -0.2) is 4.98 Å². The number of nitrogens with zero attached hydrogens (tertiary/aromatic N) is 2. The van der Waals surface area contributed by atoms with Crippen molar-refractivity contribution in [2.45, 2.75) is 40.0 Å². The Bertz CT molecular complexity index is 1330. The van der Waals surface area contributed by atoms with Crippen LogP contribution in [-0.2, 0) is 12.5 Å². The highest BCUT2D eigenvalue weighted by atomic mass is 14.9. The van der Waals surface area contributed by atoms with Crippen LogP contribution in [0.3, 0.4) is 0 Å². The Labute approximate surface area is 185 Å². The maximum absolute atomic E-state index is 4.93. The minimum atomic E-state index is -0.105. The summed E-state index contributed by atoms with van der Waals surface area (Å²) in [6, 6.07) is 22.4. The van der Waals surface area contributed by atoms with Crippen LogP contribution < -0.4 is 4.57 Å². The van der Waals surface area contributed by atoms with Crippen LogP contribution >= 0.6 is 0 Å². The van der Waals surface area contributed by atoms with Crippen molar-refractivity contribution < 1.29 is 4.57 Å². The first-order valence-corrected chi connectivity index (χ1v) is 11.0. The molecule has 31 heavy (non-hydrogen) atoms. The van der Waals surface area contributed by atoms with Crippen LogP contribution in [0, 0.1) is 20.8 Å². The number of aromatic nitrogens is 2. The van der Waals surface area contributed by atoms with Crippen molar-refractivity contribution in [1.29, 1.82) is 0 Å². The van der Waals surface area contributed by atoms with E-state index in [9.17, 15) is 0 Å². The largest absolute Gasteiger partial charge is 0.257 e. The van der Waals surface area contributed by atoms with Crippen LogP contribution in [0.15, 0.2) is 66.9 Å². The van der Waals surface area contributed by atoms with E-state index in [1.165, 1.54) is 55.9 Å². The van der Waals surface area contributed by atoms with Gasteiger partial charge in [0.15, 0.2) is 6.20 Å². The maximum Gasteiger partial charge on any atom is 0.213 e. The van der Waals surface area contributed by atoms with E-state index in [1.807, 2.05) is 0 Å². The van der Waals surface area contributed by atoms with Crippen molar-refractivity contribution in [3.8, 4) is 33.5 Å². The first-order valence-electron chi connectivity index (χ1n) is 11.0. The third-order valence-corrected chi connectivity index (χ3v) is 6.77. The van der Waals surface area contributed by atoms with Gasteiger partial charge in [-0.1, -0.05) is 55.8 Å². The number of hydrogen-bond acceptors (Lipinski definition) is 1. The SMILES string of the molecule is Cc1ccc(-c2cc[n+](C)c(-c3cc4c(cc3C)-c3ccc(C)nc3C4(C)C)c2)cc1. The third kappa shape index (κ3) is 3.09. The lowest BCUT2D eigenvalue weighted by Gasteiger charge is -2.21. The fourth-order valence-electron chi connectivity index (χ4n) is 4.86. The minimum absolute atomic E-state index is 0.105. The number of benzene rings is 2. The van der Waals surface area contributed by atoms with Crippen LogP contribution in [0.5, 0.6) is 0 Å². The monoisotopic (exact) mass is 405 g/mol. The molecule has 0 atom stereocenters. The predicted molar refractivity (Wildman–Crippen MR) is 128 cm³/mol. The molecule has 2 nitrogen and oxygen atoms in total. The van der Waals surface area contributed by atoms with Crippen molar-refractivity contribution >= 4 is 0 Å². The van der Waals surface area contributed by atoms with E-state index >= 15 is 0 Å². The number of hydrogen-bond donors (Lipinski definition) is 0. The van der Waals surface area contributed by atoms with Gasteiger partial charge in [-0.05, 0) is 60.7 Å². The zero-order chi connectivity index (χ0) is 21.9. The van der Waals surface area contributed by atoms with E-state index in [1.54, 1.807) is 0 Å². The van der Waals surface area contributed by atoms with Crippen molar-refractivity contribution in [1.82, 2.24) is 4.98 Å². The molecule has 154 valence electrons. The molecule has 0 fully saturated rings. The van der Waals surface area contributed by atoms with Gasteiger partial charge in [-0.3, -0.25) is 4.98 Å². The molecule has 0 aliphatic heterocycles. The van der Waals surface area contributed by atoms with Crippen molar-refractivity contribution in [3.63, 3.8) is 0 Å². The highest BCUT2D eigenvalue weighted by molar-refractivity contribution is 5.83. The van der Waals surface area contributed by atoms with Gasteiger partial charge in [0.25, 0.3) is 0 Å². The number of fused-ring (bicyclic) bond motifs is 3. The lowest BCUT2D eigenvalue weighted by Crippen LogP contribution is -2.30. The second-order valence-corrected chi connectivity index (χ2v) is 9.46. The van der Waals surface area contributed by atoms with Crippen LogP contribution in [0.4, 0.5) is 0 Å². The zero-order valence-corrected chi connectivity index (χ0v) is 19.2. The first kappa shape index (κ1) is 19.7. The highest BCUT2D eigenvalue weighted by Gasteiger charge is 2.38. The van der Waals surface area contributed by atoms with Gasteiger partial charge < -0.3 is 0 Å². The number of aryl methyl sites for hydroxylation is 4. The van der Waals surface area contributed by atoms with Crippen LogP contribution in [0.25, 0.3) is 33.5 Å². The Morgan fingerprint density at radius 2 is 1.48 bits per heavy atom. The Morgan fingerprint density at radius 3 is 2.23 bits per heavy atom. The van der Waals surface area contributed by atoms with Gasteiger partial charge >= 0.3 is 0 Å². The van der Waals surface area contributed by atoms with Gasteiger partial charge in [0.2, 0.25) is 5.69 Å². The summed E-state index contributed by atoms with van der Waals surface area (Å²) < 4.78 is 2.23. The van der Waals surface area contributed by atoms with Gasteiger partial charge in [0.1, 0.15) is 7.05 Å². The van der Waals surface area contributed by atoms with Crippen LogP contribution in [0.1, 0.15) is 41.9 Å². The summed E-state index contributed by atoms with van der Waals surface area (Å²) in [6.07, 6.45) is 2.17. The molecule has 2 heterocycles. The molecule has 0 bridgehead atoms. The number of rotatable bonds is 2. The summed E-state index contributed by atoms with van der Waals surface area (Å²) in [6.45, 7) is 11.0. The average Bonchev–Trinajstić information content (AvgIpc) is 2.95. The molecular formula is C29H29N2+. The Morgan fingerprint density at radius 1 is 0.742 bits per heavy atom. The predicted octanol–water partition coefficient (Wildman–Crippen LogP) is 6.47. The lowest BCUT2D eigenvalue weighted by atomic mass is 9.83. The molecule has 5 rings (SSSR count). The first-order chi connectivity index (χ1) is 14.8. The molecule has 2 aromatic heterocycles. The maximum atomic E-state index is 4.93. The van der Waals surface area contributed by atoms with Gasteiger partial charge in [-0.15, -0.1) is 0 Å². The molecule has 0 unspecified atom stereocenters. The molecule has 4 aromatic rings. The van der Waals surface area contributed by atoms with Gasteiger partial charge in [0.05, 0.1) is 5.69 Å². The van der Waals surface area contributed by atoms with Crippen molar-refractivity contribution in [2.75, 3.05) is 0 Å². The quantitative estimate of drug-likeness (QED) is 0.349. The molecule has 0 saturated heterocycles. The fourth-order valence-corrected chi connectivity index (χ4v) is 4.86. The molecule has 2 heteroatoms. The van der Waals surface area contributed by atoms with E-state index in [0.717, 1.165) is 5.69 Å². The Kier molecular flexibility index (Phi) is 4.37. The van der Waals surface area contributed by atoms with E-state index < -0.39 is 0 Å². The number of pyridine rings is 2. The van der Waals surface area contributed by atoms with Crippen LogP contribution in [0.2, 0.25) is 0 Å². The van der Waals surface area contributed by atoms with Gasteiger partial charge in [0, 0.05) is 34.4 Å². The van der Waals surface area contributed by atoms with Gasteiger partial charge in [-0.25, -0.2) is 4.57 Å². The highest BCUT2D eigenvalue weighted by Crippen LogP contribution is 2.49. The second-order valence-electron chi connectivity index (χ2n) is 9.46.